The smallest absolute Gasteiger partial charge is 0.120 e. The summed E-state index contributed by atoms with van der Waals surface area (Å²) in [5.74, 6) is 0.399. The van der Waals surface area contributed by atoms with Gasteiger partial charge in [0.25, 0.3) is 0 Å². The minimum atomic E-state index is 0.399. The number of aromatic hydroxyl groups is 1. The van der Waals surface area contributed by atoms with Gasteiger partial charge in [-0.2, -0.15) is 11.8 Å². The number of fused-ring (bicyclic) bond motifs is 1. The van der Waals surface area contributed by atoms with Crippen LogP contribution in [0.3, 0.4) is 0 Å². The average Bonchev–Trinajstić information content (AvgIpc) is 2.94. The normalized spacial score (nSPS) is 22.4. The molecule has 0 radical (unpaired) electrons. The standard InChI is InChI=1S/C17H21NOS/c1-20-14-8-7-13(10-14)18-11-16-15-5-3-2-4-12(15)6-9-17(16)19/h2-6,9,13-14,18-19H,7-8,10-11H2,1H3. The number of benzene rings is 2. The van der Waals surface area contributed by atoms with Crippen LogP contribution >= 0.6 is 11.8 Å². The number of hydrogen-bond acceptors (Lipinski definition) is 3. The van der Waals surface area contributed by atoms with Crippen molar-refractivity contribution in [2.45, 2.75) is 37.1 Å². The third-order valence-electron chi connectivity index (χ3n) is 4.30. The third kappa shape index (κ3) is 2.79. The molecule has 2 unspecified atom stereocenters. The van der Waals surface area contributed by atoms with Gasteiger partial charge >= 0.3 is 0 Å². The van der Waals surface area contributed by atoms with Crippen LogP contribution in [0.5, 0.6) is 5.75 Å². The number of rotatable bonds is 4. The maximum absolute atomic E-state index is 10.1. The summed E-state index contributed by atoms with van der Waals surface area (Å²) >= 11 is 1.97. The highest BCUT2D eigenvalue weighted by Crippen LogP contribution is 2.30. The van der Waals surface area contributed by atoms with Crippen LogP contribution < -0.4 is 5.32 Å². The molecule has 0 heterocycles. The van der Waals surface area contributed by atoms with Gasteiger partial charge in [-0.1, -0.05) is 30.3 Å². The van der Waals surface area contributed by atoms with E-state index < -0.39 is 0 Å². The van der Waals surface area contributed by atoms with Gasteiger partial charge < -0.3 is 10.4 Å². The van der Waals surface area contributed by atoms with Gasteiger partial charge in [0, 0.05) is 23.4 Å². The predicted molar refractivity (Wildman–Crippen MR) is 87.4 cm³/mol. The summed E-state index contributed by atoms with van der Waals surface area (Å²) in [6, 6.07) is 12.6. The van der Waals surface area contributed by atoms with Crippen molar-refractivity contribution in [1.29, 1.82) is 0 Å². The van der Waals surface area contributed by atoms with Gasteiger partial charge in [-0.3, -0.25) is 0 Å². The summed E-state index contributed by atoms with van der Waals surface area (Å²) in [5, 5.41) is 16.9. The van der Waals surface area contributed by atoms with Crippen molar-refractivity contribution in [3.8, 4) is 5.75 Å². The van der Waals surface area contributed by atoms with Gasteiger partial charge in [0.15, 0.2) is 0 Å². The summed E-state index contributed by atoms with van der Waals surface area (Å²) in [4.78, 5) is 0. The van der Waals surface area contributed by atoms with Crippen molar-refractivity contribution < 1.29 is 5.11 Å². The van der Waals surface area contributed by atoms with Gasteiger partial charge in [0.2, 0.25) is 0 Å². The maximum atomic E-state index is 10.1. The van der Waals surface area contributed by atoms with Crippen LogP contribution in [-0.4, -0.2) is 22.7 Å². The Morgan fingerprint density at radius 3 is 2.85 bits per heavy atom. The van der Waals surface area contributed by atoms with E-state index in [4.69, 9.17) is 0 Å². The zero-order valence-corrected chi connectivity index (χ0v) is 12.6. The number of phenolic OH excluding ortho intramolecular Hbond substituents is 1. The molecule has 1 aliphatic carbocycles. The van der Waals surface area contributed by atoms with E-state index in [1.54, 1.807) is 6.07 Å². The molecule has 1 fully saturated rings. The molecule has 20 heavy (non-hydrogen) atoms. The number of hydrogen-bond donors (Lipinski definition) is 2. The second-order valence-electron chi connectivity index (χ2n) is 5.53. The van der Waals surface area contributed by atoms with Gasteiger partial charge in [0.1, 0.15) is 5.75 Å². The number of thioether (sulfide) groups is 1. The van der Waals surface area contributed by atoms with E-state index in [0.717, 1.165) is 22.7 Å². The Morgan fingerprint density at radius 2 is 2.05 bits per heavy atom. The monoisotopic (exact) mass is 287 g/mol. The lowest BCUT2D eigenvalue weighted by Crippen LogP contribution is -2.26. The highest BCUT2D eigenvalue weighted by molar-refractivity contribution is 7.99. The summed E-state index contributed by atoms with van der Waals surface area (Å²) in [6.45, 7) is 0.749. The Labute approximate surface area is 124 Å². The average molecular weight is 287 g/mol. The van der Waals surface area contributed by atoms with Crippen LogP contribution in [0.4, 0.5) is 0 Å². The fourth-order valence-corrected chi connectivity index (χ4v) is 3.89. The van der Waals surface area contributed by atoms with Crippen molar-refractivity contribution in [1.82, 2.24) is 5.32 Å². The molecule has 2 N–H and O–H groups in total. The maximum Gasteiger partial charge on any atom is 0.120 e. The summed E-state index contributed by atoms with van der Waals surface area (Å²) in [6.07, 6.45) is 5.99. The molecule has 0 aromatic heterocycles. The number of phenols is 1. The molecule has 0 spiro atoms. The highest BCUT2D eigenvalue weighted by atomic mass is 32.2. The van der Waals surface area contributed by atoms with Gasteiger partial charge in [-0.05, 0) is 42.4 Å². The zero-order chi connectivity index (χ0) is 13.9. The van der Waals surface area contributed by atoms with Crippen LogP contribution in [-0.2, 0) is 6.54 Å². The third-order valence-corrected chi connectivity index (χ3v) is 5.40. The first-order valence-electron chi connectivity index (χ1n) is 7.23. The summed E-state index contributed by atoms with van der Waals surface area (Å²) in [5.41, 5.74) is 1.02. The Hall–Kier alpha value is -1.19. The molecule has 1 saturated carbocycles. The van der Waals surface area contributed by atoms with Crippen LogP contribution in [0.15, 0.2) is 36.4 Å². The van der Waals surface area contributed by atoms with Gasteiger partial charge in [-0.15, -0.1) is 0 Å². The van der Waals surface area contributed by atoms with E-state index >= 15 is 0 Å². The second kappa shape index (κ2) is 6.06. The summed E-state index contributed by atoms with van der Waals surface area (Å²) in [7, 11) is 0. The molecule has 2 atom stereocenters. The van der Waals surface area contributed by atoms with Crippen LogP contribution in [0, 0.1) is 0 Å². The zero-order valence-electron chi connectivity index (χ0n) is 11.8. The lowest BCUT2D eigenvalue weighted by Gasteiger charge is -2.15. The Morgan fingerprint density at radius 1 is 1.20 bits per heavy atom. The lowest BCUT2D eigenvalue weighted by atomic mass is 10.0. The van der Waals surface area contributed by atoms with E-state index in [0.29, 0.717) is 11.8 Å². The molecule has 2 aromatic rings. The van der Waals surface area contributed by atoms with Gasteiger partial charge in [-0.25, -0.2) is 0 Å². The molecule has 106 valence electrons. The second-order valence-corrected chi connectivity index (χ2v) is 6.67. The molecule has 0 aliphatic heterocycles. The predicted octanol–water partition coefficient (Wildman–Crippen LogP) is 3.92. The minimum absolute atomic E-state index is 0.399. The first-order valence-corrected chi connectivity index (χ1v) is 8.52. The first kappa shape index (κ1) is 13.8. The highest BCUT2D eigenvalue weighted by Gasteiger charge is 2.23. The van der Waals surface area contributed by atoms with Crippen molar-refractivity contribution >= 4 is 22.5 Å². The van der Waals surface area contributed by atoms with Gasteiger partial charge in [0.05, 0.1) is 0 Å². The molecular weight excluding hydrogens is 266 g/mol. The van der Waals surface area contributed by atoms with Crippen molar-refractivity contribution in [3.05, 3.63) is 42.0 Å². The molecule has 0 saturated heterocycles. The molecule has 3 heteroatoms. The van der Waals surface area contributed by atoms with E-state index in [1.165, 1.54) is 24.6 Å². The fraction of sp³-hybridized carbons (Fsp3) is 0.412. The van der Waals surface area contributed by atoms with E-state index in [9.17, 15) is 5.11 Å². The molecule has 0 amide bonds. The molecule has 2 aromatic carbocycles. The quantitative estimate of drug-likeness (QED) is 0.894. The van der Waals surface area contributed by atoms with Crippen LogP contribution in [0.2, 0.25) is 0 Å². The van der Waals surface area contributed by atoms with Crippen LogP contribution in [0.1, 0.15) is 24.8 Å². The van der Waals surface area contributed by atoms with E-state index in [-0.39, 0.29) is 0 Å². The molecular formula is C17H21NOS. The minimum Gasteiger partial charge on any atom is -0.508 e. The van der Waals surface area contributed by atoms with Crippen LogP contribution in [0.25, 0.3) is 10.8 Å². The largest absolute Gasteiger partial charge is 0.508 e. The lowest BCUT2D eigenvalue weighted by molar-refractivity contribution is 0.458. The van der Waals surface area contributed by atoms with Crippen molar-refractivity contribution in [3.63, 3.8) is 0 Å². The van der Waals surface area contributed by atoms with Crippen molar-refractivity contribution in [2.24, 2.45) is 0 Å². The Bertz CT molecular complexity index is 599. The number of nitrogens with one attached hydrogen (secondary N) is 1. The molecule has 3 rings (SSSR count). The topological polar surface area (TPSA) is 32.3 Å². The fourth-order valence-electron chi connectivity index (χ4n) is 3.10. The Kier molecular flexibility index (Phi) is 4.18. The first-order chi connectivity index (χ1) is 9.78. The molecule has 0 bridgehead atoms. The molecule has 2 nitrogen and oxygen atoms in total. The molecule has 1 aliphatic rings. The Balaban J connectivity index is 1.76. The SMILES string of the molecule is CSC1CCC(NCc2c(O)ccc3ccccc23)C1. The van der Waals surface area contributed by atoms with E-state index in [1.807, 2.05) is 30.0 Å². The summed E-state index contributed by atoms with van der Waals surface area (Å²) < 4.78 is 0. The van der Waals surface area contributed by atoms with E-state index in [2.05, 4.69) is 23.7 Å². The van der Waals surface area contributed by atoms with Crippen molar-refractivity contribution in [2.75, 3.05) is 6.26 Å².